The molecule has 3 aromatic rings. The normalized spacial score (nSPS) is 13.7. The predicted molar refractivity (Wildman–Crippen MR) is 173 cm³/mol. The fraction of sp³-hybridized carbons (Fsp3) is 0.361. The van der Waals surface area contributed by atoms with Crippen LogP contribution < -0.4 is 10.6 Å². The van der Waals surface area contributed by atoms with Gasteiger partial charge in [0, 0.05) is 25.7 Å². The lowest BCUT2D eigenvalue weighted by atomic mass is 9.81. The van der Waals surface area contributed by atoms with Crippen molar-refractivity contribution in [2.45, 2.75) is 82.6 Å². The number of ether oxygens (including phenoxy) is 2. The van der Waals surface area contributed by atoms with Gasteiger partial charge in [0.05, 0.1) is 0 Å². The number of esters is 1. The molecule has 0 radical (unpaired) electrons. The van der Waals surface area contributed by atoms with Gasteiger partial charge in [-0.2, -0.15) is 0 Å². The molecule has 2 unspecified atom stereocenters. The molecule has 11 nitrogen and oxygen atoms in total. The first-order chi connectivity index (χ1) is 22.2. The number of benzene rings is 3. The molecule has 0 aliphatic rings. The number of carbonyl (C=O) groups excluding carboxylic acids is 3. The zero-order chi connectivity index (χ0) is 34.5. The number of carboxylic acid groups (broad SMARTS) is 2. The van der Waals surface area contributed by atoms with Crippen LogP contribution in [-0.2, 0) is 48.1 Å². The van der Waals surface area contributed by atoms with Gasteiger partial charge in [-0.3, -0.25) is 14.4 Å². The molecule has 0 bridgehead atoms. The van der Waals surface area contributed by atoms with Gasteiger partial charge in [-0.1, -0.05) is 91.0 Å². The summed E-state index contributed by atoms with van der Waals surface area (Å²) in [6.07, 6.45) is -3.03. The first-order valence-electron chi connectivity index (χ1n) is 15.3. The maximum Gasteiger partial charge on any atom is 0.408 e. The first-order valence-corrected chi connectivity index (χ1v) is 15.3. The number of aliphatic carboxylic acids is 2. The monoisotopic (exact) mass is 646 g/mol. The van der Waals surface area contributed by atoms with Crippen LogP contribution in [0.4, 0.5) is 4.79 Å². The topological polar surface area (TPSA) is 168 Å². The Labute approximate surface area is 274 Å². The molecule has 0 aliphatic carbocycles. The Kier molecular flexibility index (Phi) is 12.7. The molecule has 3 aromatic carbocycles. The van der Waals surface area contributed by atoms with Crippen LogP contribution in [0, 0.1) is 0 Å². The second-order valence-corrected chi connectivity index (χ2v) is 12.4. The molecule has 47 heavy (non-hydrogen) atoms. The van der Waals surface area contributed by atoms with E-state index in [1.807, 2.05) is 0 Å². The number of amides is 2. The van der Waals surface area contributed by atoms with E-state index in [-0.39, 0.29) is 32.3 Å². The summed E-state index contributed by atoms with van der Waals surface area (Å²) in [4.78, 5) is 65.8. The fourth-order valence-corrected chi connectivity index (χ4v) is 5.09. The van der Waals surface area contributed by atoms with E-state index in [0.717, 1.165) is 0 Å². The van der Waals surface area contributed by atoms with Gasteiger partial charge < -0.3 is 30.3 Å². The minimum atomic E-state index is -1.94. The molecular weight excluding hydrogens is 604 g/mol. The molecule has 0 saturated carbocycles. The predicted octanol–water partition coefficient (Wildman–Crippen LogP) is 5.06. The molecule has 2 amide bonds. The van der Waals surface area contributed by atoms with Crippen molar-refractivity contribution in [1.82, 2.24) is 10.6 Å². The summed E-state index contributed by atoms with van der Waals surface area (Å²) in [7, 11) is 0. The summed E-state index contributed by atoms with van der Waals surface area (Å²) < 4.78 is 11.2. The molecule has 3 rings (SSSR count). The van der Waals surface area contributed by atoms with Crippen molar-refractivity contribution in [1.29, 1.82) is 0 Å². The molecular formula is C36H42N2O9. The van der Waals surface area contributed by atoms with E-state index in [1.54, 1.807) is 112 Å². The SMILES string of the molecule is CC(C)(C)OC(=O)NC(CCC(=O)O)(Cc1ccccc1)C(=O)NC(CCC(=O)O)(Cc1ccccc1)C(=O)OCc1ccccc1. The molecule has 250 valence electrons. The van der Waals surface area contributed by atoms with E-state index < -0.39 is 59.4 Å². The lowest BCUT2D eigenvalue weighted by molar-refractivity contribution is -0.157. The van der Waals surface area contributed by atoms with Gasteiger partial charge in [0.25, 0.3) is 0 Å². The Balaban J connectivity index is 2.15. The highest BCUT2D eigenvalue weighted by molar-refractivity contribution is 5.95. The molecule has 0 saturated heterocycles. The minimum absolute atomic E-state index is 0.146. The van der Waals surface area contributed by atoms with Crippen LogP contribution in [0.5, 0.6) is 0 Å². The van der Waals surface area contributed by atoms with E-state index >= 15 is 0 Å². The third-order valence-corrected chi connectivity index (χ3v) is 7.36. The Bertz CT molecular complexity index is 1510. The summed E-state index contributed by atoms with van der Waals surface area (Å²) >= 11 is 0. The van der Waals surface area contributed by atoms with Gasteiger partial charge in [-0.25, -0.2) is 9.59 Å². The Morgan fingerprint density at radius 2 is 1.04 bits per heavy atom. The van der Waals surface area contributed by atoms with E-state index in [0.29, 0.717) is 16.7 Å². The average molecular weight is 647 g/mol. The van der Waals surface area contributed by atoms with Crippen LogP contribution in [0.15, 0.2) is 91.0 Å². The van der Waals surface area contributed by atoms with Crippen molar-refractivity contribution in [3.8, 4) is 0 Å². The zero-order valence-electron chi connectivity index (χ0n) is 26.9. The smallest absolute Gasteiger partial charge is 0.408 e. The molecule has 4 N–H and O–H groups in total. The molecule has 0 aromatic heterocycles. The van der Waals surface area contributed by atoms with E-state index in [9.17, 15) is 34.2 Å². The Hall–Kier alpha value is -5.19. The van der Waals surface area contributed by atoms with Crippen LogP contribution in [0.1, 0.15) is 63.1 Å². The molecule has 0 aliphatic heterocycles. The quantitative estimate of drug-likeness (QED) is 0.155. The highest BCUT2D eigenvalue weighted by Gasteiger charge is 2.49. The van der Waals surface area contributed by atoms with Crippen molar-refractivity contribution >= 4 is 29.9 Å². The molecule has 2 atom stereocenters. The van der Waals surface area contributed by atoms with Gasteiger partial charge in [0.15, 0.2) is 0 Å². The maximum absolute atomic E-state index is 14.7. The van der Waals surface area contributed by atoms with Crippen LogP contribution in [-0.4, -0.2) is 56.8 Å². The minimum Gasteiger partial charge on any atom is -0.481 e. The Morgan fingerprint density at radius 3 is 1.49 bits per heavy atom. The number of carbonyl (C=O) groups is 5. The van der Waals surface area contributed by atoms with Crippen molar-refractivity contribution in [3.63, 3.8) is 0 Å². The standard InChI is InChI=1S/C36H42N2O9/c1-34(2,3)47-33(45)38-35(21-19-29(39)40,23-26-13-7-4-8-14-26)31(43)37-36(22-20-30(41)42,24-27-15-9-5-10-16-27)32(44)46-25-28-17-11-6-12-18-28/h4-18H,19-25H2,1-3H3,(H,37,43)(H,38,45)(H,39,40)(H,41,42). The van der Waals surface area contributed by atoms with Gasteiger partial charge in [-0.05, 0) is 50.3 Å². The number of hydrogen-bond acceptors (Lipinski definition) is 7. The van der Waals surface area contributed by atoms with Gasteiger partial charge in [-0.15, -0.1) is 0 Å². The average Bonchev–Trinajstić information content (AvgIpc) is 3.01. The second-order valence-electron chi connectivity index (χ2n) is 12.4. The number of carboxylic acids is 2. The third kappa shape index (κ3) is 11.6. The molecule has 0 spiro atoms. The van der Waals surface area contributed by atoms with Crippen LogP contribution in [0.25, 0.3) is 0 Å². The maximum atomic E-state index is 14.7. The zero-order valence-corrected chi connectivity index (χ0v) is 26.9. The fourth-order valence-electron chi connectivity index (χ4n) is 5.09. The number of hydrogen-bond donors (Lipinski definition) is 4. The van der Waals surface area contributed by atoms with Gasteiger partial charge >= 0.3 is 24.0 Å². The summed E-state index contributed by atoms with van der Waals surface area (Å²) in [6.45, 7) is 4.77. The number of nitrogens with one attached hydrogen (secondary N) is 2. The largest absolute Gasteiger partial charge is 0.481 e. The van der Waals surface area contributed by atoms with Crippen LogP contribution in [0.3, 0.4) is 0 Å². The number of alkyl carbamates (subject to hydrolysis) is 1. The molecule has 11 heteroatoms. The lowest BCUT2D eigenvalue weighted by Gasteiger charge is -2.39. The van der Waals surface area contributed by atoms with Crippen LogP contribution >= 0.6 is 0 Å². The summed E-state index contributed by atoms with van der Waals surface area (Å²) in [5, 5.41) is 24.8. The van der Waals surface area contributed by atoms with E-state index in [4.69, 9.17) is 9.47 Å². The van der Waals surface area contributed by atoms with Crippen molar-refractivity contribution in [2.75, 3.05) is 0 Å². The summed E-state index contributed by atoms with van der Waals surface area (Å²) in [5.41, 5.74) is -2.94. The highest BCUT2D eigenvalue weighted by Crippen LogP contribution is 2.28. The third-order valence-electron chi connectivity index (χ3n) is 7.36. The van der Waals surface area contributed by atoms with E-state index in [2.05, 4.69) is 10.6 Å². The molecule has 0 heterocycles. The lowest BCUT2D eigenvalue weighted by Crippen LogP contribution is -2.67. The van der Waals surface area contributed by atoms with Crippen molar-refractivity contribution in [3.05, 3.63) is 108 Å². The highest BCUT2D eigenvalue weighted by atomic mass is 16.6. The van der Waals surface area contributed by atoms with Crippen molar-refractivity contribution in [2.24, 2.45) is 0 Å². The van der Waals surface area contributed by atoms with Gasteiger partial charge in [0.1, 0.15) is 23.3 Å². The van der Waals surface area contributed by atoms with Crippen LogP contribution in [0.2, 0.25) is 0 Å². The Morgan fingerprint density at radius 1 is 0.617 bits per heavy atom. The number of rotatable bonds is 16. The van der Waals surface area contributed by atoms with Crippen molar-refractivity contribution < 1.29 is 43.7 Å². The molecule has 0 fully saturated rings. The van der Waals surface area contributed by atoms with E-state index in [1.165, 1.54) is 0 Å². The summed E-state index contributed by atoms with van der Waals surface area (Å²) in [6, 6.07) is 26.2. The van der Waals surface area contributed by atoms with Gasteiger partial charge in [0.2, 0.25) is 5.91 Å². The second kappa shape index (κ2) is 16.4. The summed E-state index contributed by atoms with van der Waals surface area (Å²) in [5.74, 6) is -4.21. The first kappa shape index (κ1) is 36.3.